The first kappa shape index (κ1) is 15.9. The smallest absolute Gasteiger partial charge is 0.275 e. The topological polar surface area (TPSA) is 70.8 Å². The molecule has 0 aromatic carbocycles. The lowest BCUT2D eigenvalue weighted by molar-refractivity contribution is -0.128. The summed E-state index contributed by atoms with van der Waals surface area (Å²) in [6, 6.07) is 1.54. The van der Waals surface area contributed by atoms with Gasteiger partial charge >= 0.3 is 0 Å². The largest absolute Gasteiger partial charge is 0.341 e. The number of anilines is 1. The van der Waals surface area contributed by atoms with Crippen LogP contribution in [0, 0.1) is 0 Å². The molecule has 1 amide bonds. The molecule has 0 bridgehead atoms. The van der Waals surface area contributed by atoms with Crippen LogP contribution in [0.3, 0.4) is 0 Å². The third-order valence-corrected chi connectivity index (χ3v) is 4.97. The van der Waals surface area contributed by atoms with Gasteiger partial charge in [0.15, 0.2) is 0 Å². The van der Waals surface area contributed by atoms with Gasteiger partial charge in [0, 0.05) is 31.9 Å². The van der Waals surface area contributed by atoms with E-state index in [2.05, 4.69) is 17.0 Å². The fraction of sp³-hybridized carbons (Fsp3) is 0.600. The summed E-state index contributed by atoms with van der Waals surface area (Å²) in [7, 11) is 1.82. The highest BCUT2D eigenvalue weighted by Crippen LogP contribution is 2.20. The maximum atomic E-state index is 12.2. The van der Waals surface area contributed by atoms with Crippen molar-refractivity contribution in [2.75, 3.05) is 31.6 Å². The number of hydrogen-bond acceptors (Lipinski definition) is 6. The molecular weight excluding hydrogens is 314 g/mol. The van der Waals surface area contributed by atoms with Crippen molar-refractivity contribution in [1.29, 1.82) is 0 Å². The van der Waals surface area contributed by atoms with Gasteiger partial charge in [-0.15, -0.1) is 5.10 Å². The van der Waals surface area contributed by atoms with Crippen molar-refractivity contribution in [3.05, 3.63) is 22.1 Å². The number of aromatic nitrogens is 3. The van der Waals surface area contributed by atoms with Crippen molar-refractivity contribution in [2.45, 2.75) is 32.6 Å². The summed E-state index contributed by atoms with van der Waals surface area (Å²) in [5.41, 5.74) is 0.628. The van der Waals surface area contributed by atoms with Gasteiger partial charge in [-0.2, -0.15) is 4.52 Å². The third kappa shape index (κ3) is 3.36. The van der Waals surface area contributed by atoms with Crippen LogP contribution in [0.5, 0.6) is 0 Å². The summed E-state index contributed by atoms with van der Waals surface area (Å²) >= 11 is 1.34. The molecular formula is C15H21N5O2S. The van der Waals surface area contributed by atoms with E-state index in [1.807, 2.05) is 11.9 Å². The second-order valence-corrected chi connectivity index (χ2v) is 6.79. The molecule has 8 heteroatoms. The van der Waals surface area contributed by atoms with E-state index >= 15 is 0 Å². The minimum absolute atomic E-state index is 0.108. The first-order valence-corrected chi connectivity index (χ1v) is 8.79. The Hall–Kier alpha value is -1.96. The molecule has 0 aliphatic carbocycles. The molecule has 2 aromatic rings. The molecule has 0 unspecified atom stereocenters. The molecule has 2 aromatic heterocycles. The Balaban J connectivity index is 1.80. The molecule has 0 saturated carbocycles. The lowest BCUT2D eigenvalue weighted by atomic mass is 10.2. The lowest BCUT2D eigenvalue weighted by Gasteiger charge is -2.20. The molecule has 1 aliphatic rings. The zero-order valence-electron chi connectivity index (χ0n) is 13.5. The lowest BCUT2D eigenvalue weighted by Crippen LogP contribution is -2.37. The number of carbonyl (C=O) groups excluding carboxylic acids is 1. The summed E-state index contributed by atoms with van der Waals surface area (Å²) in [5.74, 6) is 0.108. The molecule has 23 heavy (non-hydrogen) atoms. The van der Waals surface area contributed by atoms with Crippen molar-refractivity contribution in [2.24, 2.45) is 0 Å². The average molecular weight is 335 g/mol. The quantitative estimate of drug-likeness (QED) is 0.820. The van der Waals surface area contributed by atoms with E-state index in [0.29, 0.717) is 10.1 Å². The standard InChI is InChI=1S/C15H21N5O2S/c1-3-6-11-9-12(21)20-14(16-11)23-15(17-20)18(2)10-13(22)19-7-4-5-8-19/h9H,3-8,10H2,1-2H3. The highest BCUT2D eigenvalue weighted by Gasteiger charge is 2.21. The van der Waals surface area contributed by atoms with Crippen molar-refractivity contribution in [3.8, 4) is 0 Å². The number of likely N-dealkylation sites (N-methyl/N-ethyl adjacent to an activating group) is 1. The van der Waals surface area contributed by atoms with Gasteiger partial charge in [0.1, 0.15) is 0 Å². The zero-order chi connectivity index (χ0) is 16.4. The maximum Gasteiger partial charge on any atom is 0.275 e. The Morgan fingerprint density at radius 1 is 1.39 bits per heavy atom. The molecule has 1 fully saturated rings. The SMILES string of the molecule is CCCc1cc(=O)n2nc(N(C)CC(=O)N3CCCC3)sc2n1. The Labute approximate surface area is 138 Å². The van der Waals surface area contributed by atoms with Gasteiger partial charge < -0.3 is 9.80 Å². The van der Waals surface area contributed by atoms with E-state index in [0.717, 1.165) is 44.5 Å². The predicted octanol–water partition coefficient (Wildman–Crippen LogP) is 1.16. The Morgan fingerprint density at radius 3 is 2.83 bits per heavy atom. The van der Waals surface area contributed by atoms with Crippen LogP contribution in [0.1, 0.15) is 31.9 Å². The van der Waals surface area contributed by atoms with E-state index in [-0.39, 0.29) is 18.0 Å². The molecule has 0 spiro atoms. The van der Waals surface area contributed by atoms with Crippen molar-refractivity contribution >= 4 is 27.3 Å². The maximum absolute atomic E-state index is 12.2. The second-order valence-electron chi connectivity index (χ2n) is 5.86. The number of fused-ring (bicyclic) bond motifs is 1. The summed E-state index contributed by atoms with van der Waals surface area (Å²) in [6.45, 7) is 4.01. The fourth-order valence-corrected chi connectivity index (χ4v) is 3.61. The van der Waals surface area contributed by atoms with Gasteiger partial charge in [-0.1, -0.05) is 24.7 Å². The number of hydrogen-bond donors (Lipinski definition) is 0. The molecule has 124 valence electrons. The normalized spacial score (nSPS) is 14.6. The number of rotatable bonds is 5. The predicted molar refractivity (Wildman–Crippen MR) is 90.2 cm³/mol. The molecule has 0 N–H and O–H groups in total. The van der Waals surface area contributed by atoms with Crippen molar-refractivity contribution in [1.82, 2.24) is 19.5 Å². The van der Waals surface area contributed by atoms with Crippen molar-refractivity contribution in [3.63, 3.8) is 0 Å². The summed E-state index contributed by atoms with van der Waals surface area (Å²) in [4.78, 5) is 33.1. The first-order chi connectivity index (χ1) is 11.1. The average Bonchev–Trinajstić information content (AvgIpc) is 3.17. The highest BCUT2D eigenvalue weighted by atomic mass is 32.1. The number of likely N-dealkylation sites (tertiary alicyclic amines) is 1. The van der Waals surface area contributed by atoms with E-state index in [1.165, 1.54) is 21.9 Å². The van der Waals surface area contributed by atoms with Gasteiger partial charge in [0.2, 0.25) is 16.0 Å². The minimum atomic E-state index is -0.166. The van der Waals surface area contributed by atoms with E-state index < -0.39 is 0 Å². The van der Waals surface area contributed by atoms with E-state index in [1.54, 1.807) is 4.90 Å². The molecule has 1 saturated heterocycles. The third-order valence-electron chi connectivity index (χ3n) is 3.95. The van der Waals surface area contributed by atoms with Crippen LogP contribution in [-0.2, 0) is 11.2 Å². The molecule has 7 nitrogen and oxygen atoms in total. The van der Waals surface area contributed by atoms with Gasteiger partial charge in [-0.3, -0.25) is 9.59 Å². The van der Waals surface area contributed by atoms with Gasteiger partial charge in [-0.05, 0) is 19.3 Å². The highest BCUT2D eigenvalue weighted by molar-refractivity contribution is 7.20. The molecule has 3 heterocycles. The van der Waals surface area contributed by atoms with Crippen LogP contribution >= 0.6 is 11.3 Å². The van der Waals surface area contributed by atoms with Crippen LogP contribution in [-0.4, -0.2) is 52.1 Å². The van der Waals surface area contributed by atoms with Gasteiger partial charge in [0.25, 0.3) is 5.56 Å². The molecule has 0 atom stereocenters. The number of amides is 1. The Morgan fingerprint density at radius 2 is 2.13 bits per heavy atom. The molecule has 3 rings (SSSR count). The summed E-state index contributed by atoms with van der Waals surface area (Å²) in [6.07, 6.45) is 3.88. The van der Waals surface area contributed by atoms with Crippen LogP contribution in [0.15, 0.2) is 10.9 Å². The number of nitrogens with zero attached hydrogens (tertiary/aromatic N) is 5. The van der Waals surface area contributed by atoms with Crippen molar-refractivity contribution < 1.29 is 4.79 Å². The first-order valence-electron chi connectivity index (χ1n) is 7.97. The van der Waals surface area contributed by atoms with Crippen LogP contribution in [0.4, 0.5) is 5.13 Å². The van der Waals surface area contributed by atoms with E-state index in [4.69, 9.17) is 0 Å². The van der Waals surface area contributed by atoms with Gasteiger partial charge in [-0.25, -0.2) is 4.98 Å². The Bertz CT molecular complexity index is 763. The number of aryl methyl sites for hydroxylation is 1. The Kier molecular flexibility index (Phi) is 4.61. The van der Waals surface area contributed by atoms with Crippen LogP contribution in [0.2, 0.25) is 0 Å². The molecule has 1 aliphatic heterocycles. The summed E-state index contributed by atoms with van der Waals surface area (Å²) < 4.78 is 1.32. The van der Waals surface area contributed by atoms with Crippen LogP contribution in [0.25, 0.3) is 4.96 Å². The molecule has 0 radical (unpaired) electrons. The van der Waals surface area contributed by atoms with E-state index in [9.17, 15) is 9.59 Å². The monoisotopic (exact) mass is 335 g/mol. The van der Waals surface area contributed by atoms with Crippen LogP contribution < -0.4 is 10.5 Å². The second kappa shape index (κ2) is 6.66. The zero-order valence-corrected chi connectivity index (χ0v) is 14.3. The van der Waals surface area contributed by atoms with Gasteiger partial charge in [0.05, 0.1) is 6.54 Å². The minimum Gasteiger partial charge on any atom is -0.341 e. The number of carbonyl (C=O) groups is 1. The fourth-order valence-electron chi connectivity index (χ4n) is 2.72. The summed E-state index contributed by atoms with van der Waals surface area (Å²) in [5, 5.41) is 4.94.